The van der Waals surface area contributed by atoms with Gasteiger partial charge in [0, 0.05) is 60.5 Å². The van der Waals surface area contributed by atoms with Crippen LogP contribution in [0.5, 0.6) is 0 Å². The van der Waals surface area contributed by atoms with Gasteiger partial charge in [0.05, 0.1) is 17.9 Å². The Hall–Kier alpha value is -3.75. The predicted molar refractivity (Wildman–Crippen MR) is 129 cm³/mol. The summed E-state index contributed by atoms with van der Waals surface area (Å²) in [5.74, 6) is 0.115. The van der Waals surface area contributed by atoms with E-state index in [2.05, 4.69) is 42.9 Å². The largest absolute Gasteiger partial charge is 0.343 e. The summed E-state index contributed by atoms with van der Waals surface area (Å²) in [7, 11) is 0. The predicted octanol–water partition coefficient (Wildman–Crippen LogP) is 3.68. The third kappa shape index (κ3) is 3.91. The molecule has 0 atom stereocenters. The number of hydrogen-bond acceptors (Lipinski definition) is 5. The third-order valence-corrected chi connectivity index (χ3v) is 7.00. The molecule has 4 aromatic rings. The van der Waals surface area contributed by atoms with Crippen LogP contribution in [0.1, 0.15) is 58.8 Å². The van der Waals surface area contributed by atoms with E-state index in [1.54, 1.807) is 13.1 Å². The number of amides is 1. The number of aryl methyl sites for hydroxylation is 1. The molecule has 9 heteroatoms. The second-order valence-electron chi connectivity index (χ2n) is 9.21. The lowest BCUT2D eigenvalue weighted by molar-refractivity contribution is -0.130. The van der Waals surface area contributed by atoms with Crippen molar-refractivity contribution in [2.24, 2.45) is 0 Å². The van der Waals surface area contributed by atoms with Gasteiger partial charge in [-0.3, -0.25) is 19.4 Å². The lowest BCUT2D eigenvalue weighted by Gasteiger charge is -2.32. The van der Waals surface area contributed by atoms with Gasteiger partial charge < -0.3 is 9.88 Å². The lowest BCUT2D eigenvalue weighted by atomic mass is 10.0. The normalized spacial score (nSPS) is 14.8. The SMILES string of the molecule is CC(=O)N1CCC(n2ncc(-c3cc4cc(CC(=O)c5n[nH]c(C)c5C)cnc4[nH]3)c2C)CC1. The van der Waals surface area contributed by atoms with E-state index in [0.717, 1.165) is 70.7 Å². The zero-order chi connectivity index (χ0) is 24.0. The van der Waals surface area contributed by atoms with Crippen molar-refractivity contribution in [1.29, 1.82) is 0 Å². The van der Waals surface area contributed by atoms with Crippen LogP contribution in [0, 0.1) is 20.8 Å². The van der Waals surface area contributed by atoms with Crippen LogP contribution >= 0.6 is 0 Å². The summed E-state index contributed by atoms with van der Waals surface area (Å²) in [6.07, 6.45) is 5.70. The van der Waals surface area contributed by atoms with Crippen LogP contribution in [0.15, 0.2) is 24.5 Å². The Labute approximate surface area is 197 Å². The van der Waals surface area contributed by atoms with Crippen molar-refractivity contribution in [2.75, 3.05) is 13.1 Å². The Morgan fingerprint density at radius 1 is 1.12 bits per heavy atom. The third-order valence-electron chi connectivity index (χ3n) is 7.00. The number of Topliss-reactive ketones (excluding diaryl/α,β-unsaturated/α-hetero) is 1. The standard InChI is InChI=1S/C25H29N7O2/c1-14-15(2)29-30-24(14)23(34)10-18-9-19-11-22(28-25(19)26-12-18)21-13-27-32(16(21)3)20-5-7-31(8-6-20)17(4)33/h9,11-13,20H,5-8,10H2,1-4H3,(H,26,28)(H,29,30). The van der Waals surface area contributed by atoms with Gasteiger partial charge in [-0.15, -0.1) is 0 Å². The van der Waals surface area contributed by atoms with E-state index >= 15 is 0 Å². The fourth-order valence-corrected chi connectivity index (χ4v) is 4.81. The minimum atomic E-state index is -0.0216. The Kier molecular flexibility index (Phi) is 5.55. The Morgan fingerprint density at radius 3 is 2.56 bits per heavy atom. The van der Waals surface area contributed by atoms with Crippen molar-refractivity contribution in [2.45, 2.75) is 53.0 Å². The van der Waals surface area contributed by atoms with Gasteiger partial charge in [-0.2, -0.15) is 10.2 Å². The maximum absolute atomic E-state index is 12.7. The highest BCUT2D eigenvalue weighted by Gasteiger charge is 2.25. The first-order valence-corrected chi connectivity index (χ1v) is 11.6. The lowest BCUT2D eigenvalue weighted by Crippen LogP contribution is -2.38. The average Bonchev–Trinajstić information content (AvgIpc) is 3.50. The number of hydrogen-bond donors (Lipinski definition) is 2. The molecule has 1 aliphatic rings. The fraction of sp³-hybridized carbons (Fsp3) is 0.400. The zero-order valence-electron chi connectivity index (χ0n) is 20.0. The van der Waals surface area contributed by atoms with Crippen LogP contribution in [-0.2, 0) is 11.2 Å². The van der Waals surface area contributed by atoms with E-state index in [0.29, 0.717) is 11.7 Å². The van der Waals surface area contributed by atoms with Gasteiger partial charge in [0.15, 0.2) is 5.78 Å². The summed E-state index contributed by atoms with van der Waals surface area (Å²) in [6, 6.07) is 4.36. The Balaban J connectivity index is 1.36. The van der Waals surface area contributed by atoms with Crippen LogP contribution in [0.2, 0.25) is 0 Å². The number of nitrogens with one attached hydrogen (secondary N) is 2. The molecule has 1 saturated heterocycles. The minimum absolute atomic E-state index is 0.0216. The number of rotatable bonds is 5. The van der Waals surface area contributed by atoms with Crippen LogP contribution in [0.4, 0.5) is 0 Å². The van der Waals surface area contributed by atoms with Gasteiger partial charge in [-0.1, -0.05) is 0 Å². The molecule has 176 valence electrons. The fourth-order valence-electron chi connectivity index (χ4n) is 4.81. The number of fused-ring (bicyclic) bond motifs is 1. The van der Waals surface area contributed by atoms with E-state index in [9.17, 15) is 9.59 Å². The first-order valence-electron chi connectivity index (χ1n) is 11.6. The Bertz CT molecular complexity index is 1390. The first kappa shape index (κ1) is 22.1. The van der Waals surface area contributed by atoms with E-state index in [1.807, 2.05) is 31.0 Å². The van der Waals surface area contributed by atoms with Crippen molar-refractivity contribution >= 4 is 22.7 Å². The average molecular weight is 460 g/mol. The second kappa shape index (κ2) is 8.55. The van der Waals surface area contributed by atoms with Gasteiger partial charge in [0.2, 0.25) is 5.91 Å². The number of nitrogens with zero attached hydrogens (tertiary/aromatic N) is 5. The molecule has 4 aromatic heterocycles. The molecular weight excluding hydrogens is 430 g/mol. The highest BCUT2D eigenvalue weighted by molar-refractivity contribution is 5.97. The maximum Gasteiger partial charge on any atom is 0.219 e. The summed E-state index contributed by atoms with van der Waals surface area (Å²) >= 11 is 0. The van der Waals surface area contributed by atoms with Crippen molar-refractivity contribution < 1.29 is 9.59 Å². The molecular formula is C25H29N7O2. The number of carbonyl (C=O) groups excluding carboxylic acids is 2. The molecule has 0 aromatic carbocycles. The molecule has 5 heterocycles. The molecule has 1 aliphatic heterocycles. The maximum atomic E-state index is 12.7. The number of likely N-dealkylation sites (tertiary alicyclic amines) is 1. The number of piperidine rings is 1. The molecule has 0 bridgehead atoms. The van der Waals surface area contributed by atoms with E-state index in [-0.39, 0.29) is 18.1 Å². The number of carbonyl (C=O) groups is 2. The van der Waals surface area contributed by atoms with E-state index < -0.39 is 0 Å². The highest BCUT2D eigenvalue weighted by Crippen LogP contribution is 2.30. The molecule has 0 aliphatic carbocycles. The first-order chi connectivity index (χ1) is 16.3. The highest BCUT2D eigenvalue weighted by atomic mass is 16.2. The number of H-pyrrole nitrogens is 2. The van der Waals surface area contributed by atoms with Crippen molar-refractivity contribution in [3.05, 3.63) is 52.7 Å². The summed E-state index contributed by atoms with van der Waals surface area (Å²) in [6.45, 7) is 9.06. The smallest absolute Gasteiger partial charge is 0.219 e. The summed E-state index contributed by atoms with van der Waals surface area (Å²) < 4.78 is 2.09. The molecule has 0 radical (unpaired) electrons. The van der Waals surface area contributed by atoms with Gasteiger partial charge in [0.25, 0.3) is 0 Å². The van der Waals surface area contributed by atoms with Crippen molar-refractivity contribution in [3.63, 3.8) is 0 Å². The summed E-state index contributed by atoms with van der Waals surface area (Å²) in [5.41, 5.74) is 7.00. The summed E-state index contributed by atoms with van der Waals surface area (Å²) in [5, 5.41) is 12.7. The number of pyridine rings is 1. The van der Waals surface area contributed by atoms with Crippen LogP contribution in [0.3, 0.4) is 0 Å². The molecule has 0 spiro atoms. The van der Waals surface area contributed by atoms with Gasteiger partial charge in [-0.25, -0.2) is 4.98 Å². The summed E-state index contributed by atoms with van der Waals surface area (Å²) in [4.78, 5) is 34.2. The molecule has 0 unspecified atom stereocenters. The molecule has 2 N–H and O–H groups in total. The monoisotopic (exact) mass is 459 g/mol. The minimum Gasteiger partial charge on any atom is -0.343 e. The number of aromatic amines is 2. The molecule has 34 heavy (non-hydrogen) atoms. The molecule has 9 nitrogen and oxygen atoms in total. The molecule has 0 saturated carbocycles. The molecule has 1 amide bonds. The van der Waals surface area contributed by atoms with Crippen molar-refractivity contribution in [3.8, 4) is 11.3 Å². The van der Waals surface area contributed by atoms with Crippen molar-refractivity contribution in [1.82, 2.24) is 34.8 Å². The van der Waals surface area contributed by atoms with E-state index in [1.165, 1.54) is 0 Å². The van der Waals surface area contributed by atoms with Crippen LogP contribution in [0.25, 0.3) is 22.3 Å². The van der Waals surface area contributed by atoms with E-state index in [4.69, 9.17) is 0 Å². The van der Waals surface area contributed by atoms with Crippen LogP contribution in [-0.4, -0.2) is 59.6 Å². The van der Waals surface area contributed by atoms with Crippen LogP contribution < -0.4 is 0 Å². The van der Waals surface area contributed by atoms with Gasteiger partial charge in [0.1, 0.15) is 11.3 Å². The topological polar surface area (TPSA) is 113 Å². The number of ketones is 1. The zero-order valence-corrected chi connectivity index (χ0v) is 20.0. The van der Waals surface area contributed by atoms with Gasteiger partial charge >= 0.3 is 0 Å². The Morgan fingerprint density at radius 2 is 1.88 bits per heavy atom. The van der Waals surface area contributed by atoms with Gasteiger partial charge in [-0.05, 0) is 51.3 Å². The quantitative estimate of drug-likeness (QED) is 0.442. The molecule has 1 fully saturated rings. The second-order valence-corrected chi connectivity index (χ2v) is 9.21. The number of aromatic nitrogens is 6. The molecule has 5 rings (SSSR count).